The minimum atomic E-state index is -1.32. The molecule has 9 nitrogen and oxygen atoms in total. The molecule has 0 radical (unpaired) electrons. The molecule has 0 fully saturated rings. The molecule has 1 rings (SSSR count). The highest BCUT2D eigenvalue weighted by Gasteiger charge is 2.17. The van der Waals surface area contributed by atoms with Crippen LogP contribution in [-0.2, 0) is 4.79 Å². The van der Waals surface area contributed by atoms with Gasteiger partial charge in [-0.3, -0.25) is 14.9 Å². The lowest BCUT2D eigenvalue weighted by Gasteiger charge is -2.00. The zero-order valence-corrected chi connectivity index (χ0v) is 11.1. The zero-order chi connectivity index (χ0) is 16.2. The molecule has 0 saturated heterocycles. The molecule has 0 aliphatic carbocycles. The molecule has 0 aromatic heterocycles. The molecule has 0 amide bonds. The van der Waals surface area contributed by atoms with Gasteiger partial charge in [0.25, 0.3) is 5.69 Å². The van der Waals surface area contributed by atoms with Crippen LogP contribution in [0.25, 0.3) is 0 Å². The maximum absolute atomic E-state index is 11.2. The summed E-state index contributed by atoms with van der Waals surface area (Å²) in [6, 6.07) is 3.04. The van der Waals surface area contributed by atoms with Crippen LogP contribution in [0.2, 0.25) is 0 Å². The van der Waals surface area contributed by atoms with Crippen molar-refractivity contribution < 1.29 is 24.7 Å². The smallest absolute Gasteiger partial charge is 0.335 e. The molecule has 9 heteroatoms. The summed E-state index contributed by atoms with van der Waals surface area (Å²) < 4.78 is 0. The van der Waals surface area contributed by atoms with Gasteiger partial charge in [-0.1, -0.05) is 0 Å². The van der Waals surface area contributed by atoms with Crippen LogP contribution in [0.4, 0.5) is 11.4 Å². The standard InChI is InChI=1S/C12H11N3O6/c1-6(16)11(7(2)17)14-13-9-4-3-8(12(18)19)5-10(9)15(20)21/h3-5,16H,1-2H3,(H,18,19)/b11-6+,14-13?. The monoisotopic (exact) mass is 293 g/mol. The van der Waals surface area contributed by atoms with Crippen LogP contribution in [0, 0.1) is 10.1 Å². The third-order valence-corrected chi connectivity index (χ3v) is 2.35. The summed E-state index contributed by atoms with van der Waals surface area (Å²) in [6.45, 7) is 2.37. The van der Waals surface area contributed by atoms with Crippen LogP contribution in [0.3, 0.4) is 0 Å². The second-order valence-electron chi connectivity index (χ2n) is 3.96. The Morgan fingerprint density at radius 1 is 1.24 bits per heavy atom. The van der Waals surface area contributed by atoms with Crippen molar-refractivity contribution in [3.05, 3.63) is 45.3 Å². The van der Waals surface area contributed by atoms with Gasteiger partial charge in [0.15, 0.2) is 17.2 Å². The number of hydrogen-bond acceptors (Lipinski definition) is 7. The molecule has 0 atom stereocenters. The number of hydrogen-bond donors (Lipinski definition) is 2. The quantitative estimate of drug-likeness (QED) is 0.281. The average Bonchev–Trinajstić information content (AvgIpc) is 2.37. The number of aliphatic hydroxyl groups excluding tert-OH is 1. The Balaban J connectivity index is 3.32. The van der Waals surface area contributed by atoms with Crippen LogP contribution < -0.4 is 0 Å². The number of nitro groups is 1. The van der Waals surface area contributed by atoms with E-state index < -0.39 is 22.4 Å². The number of carboxylic acid groups (broad SMARTS) is 1. The fraction of sp³-hybridized carbons (Fsp3) is 0.167. The number of aromatic carboxylic acids is 1. The largest absolute Gasteiger partial charge is 0.510 e. The number of ketones is 1. The van der Waals surface area contributed by atoms with Crippen molar-refractivity contribution in [2.75, 3.05) is 0 Å². The molecular formula is C12H11N3O6. The summed E-state index contributed by atoms with van der Waals surface area (Å²) >= 11 is 0. The molecule has 0 heterocycles. The highest BCUT2D eigenvalue weighted by molar-refractivity contribution is 5.93. The highest BCUT2D eigenvalue weighted by atomic mass is 16.6. The summed E-state index contributed by atoms with van der Waals surface area (Å²) in [7, 11) is 0. The molecule has 21 heavy (non-hydrogen) atoms. The van der Waals surface area contributed by atoms with Crippen LogP contribution in [-0.4, -0.2) is 26.9 Å². The van der Waals surface area contributed by atoms with Crippen LogP contribution in [0.5, 0.6) is 0 Å². The Bertz CT molecular complexity index is 674. The Morgan fingerprint density at radius 3 is 2.29 bits per heavy atom. The van der Waals surface area contributed by atoms with E-state index in [1.54, 1.807) is 0 Å². The van der Waals surface area contributed by atoms with E-state index in [0.29, 0.717) is 0 Å². The second-order valence-corrected chi connectivity index (χ2v) is 3.96. The topological polar surface area (TPSA) is 142 Å². The number of aliphatic hydroxyl groups is 1. The van der Waals surface area contributed by atoms with Gasteiger partial charge in [-0.05, 0) is 19.1 Å². The summed E-state index contributed by atoms with van der Waals surface area (Å²) in [5, 5.41) is 35.9. The zero-order valence-electron chi connectivity index (χ0n) is 11.1. The molecule has 0 bridgehead atoms. The van der Waals surface area contributed by atoms with Crippen molar-refractivity contribution in [1.29, 1.82) is 0 Å². The van der Waals surface area contributed by atoms with E-state index in [1.165, 1.54) is 6.92 Å². The highest BCUT2D eigenvalue weighted by Crippen LogP contribution is 2.29. The van der Waals surface area contributed by atoms with Crippen molar-refractivity contribution in [2.45, 2.75) is 13.8 Å². The third-order valence-electron chi connectivity index (χ3n) is 2.35. The normalized spacial score (nSPS) is 12.1. The lowest BCUT2D eigenvalue weighted by molar-refractivity contribution is -0.384. The van der Waals surface area contributed by atoms with E-state index in [0.717, 1.165) is 25.1 Å². The third kappa shape index (κ3) is 3.93. The maximum Gasteiger partial charge on any atom is 0.335 e. The first kappa shape index (κ1) is 16.0. The summed E-state index contributed by atoms with van der Waals surface area (Å²) in [4.78, 5) is 32.0. The minimum absolute atomic E-state index is 0.231. The van der Waals surface area contributed by atoms with E-state index in [2.05, 4.69) is 10.2 Å². The predicted octanol–water partition coefficient (Wildman–Crippen LogP) is 2.76. The van der Waals surface area contributed by atoms with Crippen molar-refractivity contribution in [3.63, 3.8) is 0 Å². The fourth-order valence-corrected chi connectivity index (χ4v) is 1.39. The molecule has 1 aromatic rings. The van der Waals surface area contributed by atoms with Gasteiger partial charge >= 0.3 is 5.97 Å². The molecule has 0 spiro atoms. The Kier molecular flexibility index (Phi) is 4.84. The number of rotatable bonds is 5. The average molecular weight is 293 g/mol. The second kappa shape index (κ2) is 6.37. The van der Waals surface area contributed by atoms with E-state index in [4.69, 9.17) is 5.11 Å². The molecular weight excluding hydrogens is 282 g/mol. The van der Waals surface area contributed by atoms with Crippen molar-refractivity contribution in [2.24, 2.45) is 10.2 Å². The minimum Gasteiger partial charge on any atom is -0.510 e. The summed E-state index contributed by atoms with van der Waals surface area (Å²) in [5.41, 5.74) is -1.42. The van der Waals surface area contributed by atoms with E-state index in [1.807, 2.05) is 0 Å². The number of nitrogens with zero attached hydrogens (tertiary/aromatic N) is 3. The lowest BCUT2D eigenvalue weighted by atomic mass is 10.2. The van der Waals surface area contributed by atoms with Gasteiger partial charge in [0.2, 0.25) is 0 Å². The number of carboxylic acids is 1. The maximum atomic E-state index is 11.2. The summed E-state index contributed by atoms with van der Waals surface area (Å²) in [5.74, 6) is -2.27. The van der Waals surface area contributed by atoms with Gasteiger partial charge in [-0.25, -0.2) is 4.79 Å². The van der Waals surface area contributed by atoms with Crippen LogP contribution >= 0.6 is 0 Å². The van der Waals surface area contributed by atoms with Crippen molar-refractivity contribution in [1.82, 2.24) is 0 Å². The van der Waals surface area contributed by atoms with Gasteiger partial charge in [0.1, 0.15) is 5.76 Å². The molecule has 1 aromatic carbocycles. The molecule has 0 aliphatic heterocycles. The first-order valence-electron chi connectivity index (χ1n) is 5.58. The van der Waals surface area contributed by atoms with Gasteiger partial charge < -0.3 is 10.2 Å². The molecule has 0 saturated carbocycles. The molecule has 0 unspecified atom stereocenters. The van der Waals surface area contributed by atoms with E-state index in [-0.39, 0.29) is 22.7 Å². The Hall–Kier alpha value is -3.10. The Morgan fingerprint density at radius 2 is 1.86 bits per heavy atom. The number of Topliss-reactive ketones (excluding diaryl/α,β-unsaturated/α-hetero) is 1. The number of nitro benzene ring substituents is 1. The Labute approximate surface area is 118 Å². The van der Waals surface area contributed by atoms with Crippen LogP contribution in [0.15, 0.2) is 39.9 Å². The first-order valence-corrected chi connectivity index (χ1v) is 5.58. The van der Waals surface area contributed by atoms with E-state index in [9.17, 15) is 24.8 Å². The number of carbonyl (C=O) groups is 2. The van der Waals surface area contributed by atoms with Gasteiger partial charge in [0, 0.05) is 13.0 Å². The fourth-order valence-electron chi connectivity index (χ4n) is 1.39. The number of allylic oxidation sites excluding steroid dienone is 2. The molecule has 2 N–H and O–H groups in total. The first-order chi connectivity index (χ1) is 9.73. The van der Waals surface area contributed by atoms with Crippen molar-refractivity contribution >= 4 is 23.1 Å². The molecule has 110 valence electrons. The predicted molar refractivity (Wildman–Crippen MR) is 70.6 cm³/mol. The van der Waals surface area contributed by atoms with Crippen molar-refractivity contribution in [3.8, 4) is 0 Å². The van der Waals surface area contributed by atoms with Gasteiger partial charge in [0.05, 0.1) is 10.5 Å². The number of carbonyl (C=O) groups excluding carboxylic acids is 1. The number of azo groups is 1. The van der Waals surface area contributed by atoms with E-state index >= 15 is 0 Å². The van der Waals surface area contributed by atoms with Gasteiger partial charge in [-0.15, -0.1) is 10.2 Å². The summed E-state index contributed by atoms with van der Waals surface area (Å²) in [6.07, 6.45) is 0. The lowest BCUT2D eigenvalue weighted by Crippen LogP contribution is -1.98. The molecule has 0 aliphatic rings. The number of benzene rings is 1. The van der Waals surface area contributed by atoms with Gasteiger partial charge in [-0.2, -0.15) is 0 Å². The SMILES string of the molecule is CC(=O)/C(N=Nc1ccc(C(=O)O)cc1[N+](=O)[O-])=C(/C)O. The van der Waals surface area contributed by atoms with Crippen LogP contribution in [0.1, 0.15) is 24.2 Å².